The second-order valence-corrected chi connectivity index (χ2v) is 5.27. The van der Waals surface area contributed by atoms with Gasteiger partial charge in [-0.15, -0.1) is 5.92 Å². The van der Waals surface area contributed by atoms with Crippen LogP contribution in [-0.2, 0) is 0 Å². The van der Waals surface area contributed by atoms with Crippen molar-refractivity contribution in [2.45, 2.75) is 39.0 Å². The topological polar surface area (TPSA) is 43.8 Å². The van der Waals surface area contributed by atoms with Gasteiger partial charge in [-0.25, -0.2) is 4.79 Å². The first-order valence-corrected chi connectivity index (χ1v) is 7.28. The molecular formula is C15H26N2O2. The molecule has 1 aliphatic rings. The fraction of sp³-hybridized carbons (Fsp3) is 0.800. The summed E-state index contributed by atoms with van der Waals surface area (Å²) in [6.07, 6.45) is 4.24. The van der Waals surface area contributed by atoms with Crippen LogP contribution in [0.15, 0.2) is 0 Å². The molecule has 1 heterocycles. The molecule has 1 fully saturated rings. The van der Waals surface area contributed by atoms with Crippen molar-refractivity contribution in [2.75, 3.05) is 33.2 Å². The van der Waals surface area contributed by atoms with Crippen LogP contribution in [0.2, 0.25) is 0 Å². The van der Waals surface area contributed by atoms with E-state index in [1.54, 1.807) is 0 Å². The number of nitrogens with zero attached hydrogens (tertiary/aromatic N) is 2. The molecule has 0 aliphatic carbocycles. The van der Waals surface area contributed by atoms with Crippen LogP contribution in [0.5, 0.6) is 0 Å². The first-order chi connectivity index (χ1) is 9.13. The number of likely N-dealkylation sites (tertiary alicyclic amines) is 1. The number of carboxylic acid groups (broad SMARTS) is 1. The molecule has 0 atom stereocenters. The van der Waals surface area contributed by atoms with Crippen LogP contribution in [0.25, 0.3) is 0 Å². The van der Waals surface area contributed by atoms with E-state index < -0.39 is 6.09 Å². The minimum atomic E-state index is -0.801. The van der Waals surface area contributed by atoms with Crippen molar-refractivity contribution >= 4 is 6.09 Å². The molecule has 0 unspecified atom stereocenters. The molecule has 1 N–H and O–H groups in total. The predicted octanol–water partition coefficient (Wildman–Crippen LogP) is 2.50. The summed E-state index contributed by atoms with van der Waals surface area (Å²) in [6, 6.07) is 0. The fourth-order valence-electron chi connectivity index (χ4n) is 2.36. The van der Waals surface area contributed by atoms with Crippen LogP contribution in [-0.4, -0.2) is 54.2 Å². The zero-order valence-corrected chi connectivity index (χ0v) is 12.2. The van der Waals surface area contributed by atoms with E-state index in [2.05, 4.69) is 30.7 Å². The minimum absolute atomic E-state index is 0.393. The Balaban J connectivity index is 2.13. The number of rotatable bonds is 5. The van der Waals surface area contributed by atoms with Crippen molar-refractivity contribution in [1.82, 2.24) is 9.80 Å². The lowest BCUT2D eigenvalue weighted by Gasteiger charge is -2.27. The quantitative estimate of drug-likeness (QED) is 0.614. The van der Waals surface area contributed by atoms with E-state index >= 15 is 0 Å². The third kappa shape index (κ3) is 6.49. The zero-order chi connectivity index (χ0) is 14.1. The molecule has 1 amide bonds. The summed E-state index contributed by atoms with van der Waals surface area (Å²) in [4.78, 5) is 14.6. The highest BCUT2D eigenvalue weighted by Gasteiger charge is 2.20. The molecule has 0 aromatic heterocycles. The summed E-state index contributed by atoms with van der Waals surface area (Å²) in [5.74, 6) is 6.95. The van der Waals surface area contributed by atoms with Gasteiger partial charge in [0.05, 0.1) is 0 Å². The highest BCUT2D eigenvalue weighted by molar-refractivity contribution is 5.65. The van der Waals surface area contributed by atoms with E-state index in [1.807, 2.05) is 0 Å². The van der Waals surface area contributed by atoms with Gasteiger partial charge in [0.25, 0.3) is 0 Å². The van der Waals surface area contributed by atoms with Gasteiger partial charge >= 0.3 is 6.09 Å². The molecule has 0 aromatic rings. The lowest BCUT2D eigenvalue weighted by molar-refractivity contribution is 0.130. The van der Waals surface area contributed by atoms with Gasteiger partial charge < -0.3 is 14.9 Å². The number of unbranched alkanes of at least 4 members (excludes halogenated alkanes) is 1. The Bertz CT molecular complexity index is 325. The molecule has 0 aromatic carbocycles. The van der Waals surface area contributed by atoms with Crippen molar-refractivity contribution in [2.24, 2.45) is 5.92 Å². The second kappa shape index (κ2) is 8.82. The van der Waals surface area contributed by atoms with Crippen LogP contribution < -0.4 is 0 Å². The fourth-order valence-corrected chi connectivity index (χ4v) is 2.36. The predicted molar refractivity (Wildman–Crippen MR) is 77.1 cm³/mol. The van der Waals surface area contributed by atoms with Crippen LogP contribution in [0.1, 0.15) is 39.0 Å². The Morgan fingerprint density at radius 1 is 1.37 bits per heavy atom. The molecular weight excluding hydrogens is 240 g/mol. The zero-order valence-electron chi connectivity index (χ0n) is 12.2. The van der Waals surface area contributed by atoms with Crippen LogP contribution in [0, 0.1) is 17.8 Å². The van der Waals surface area contributed by atoms with E-state index in [1.165, 1.54) is 11.3 Å². The third-order valence-corrected chi connectivity index (χ3v) is 3.52. The van der Waals surface area contributed by atoms with Gasteiger partial charge in [-0.2, -0.15) is 0 Å². The monoisotopic (exact) mass is 266 g/mol. The van der Waals surface area contributed by atoms with Crippen molar-refractivity contribution < 1.29 is 9.90 Å². The SMILES string of the molecule is CCCN(C)CCCC#CC1CCN(C(=O)O)CC1. The molecule has 1 rings (SSSR count). The third-order valence-electron chi connectivity index (χ3n) is 3.52. The van der Waals surface area contributed by atoms with Gasteiger partial charge in [0.1, 0.15) is 0 Å². The maximum Gasteiger partial charge on any atom is 0.407 e. The Hall–Kier alpha value is -1.21. The Kier molecular flexibility index (Phi) is 7.35. The largest absolute Gasteiger partial charge is 0.465 e. The lowest BCUT2D eigenvalue weighted by Crippen LogP contribution is -2.37. The molecule has 0 spiro atoms. The maximum atomic E-state index is 10.8. The van der Waals surface area contributed by atoms with E-state index in [0.29, 0.717) is 19.0 Å². The van der Waals surface area contributed by atoms with Crippen molar-refractivity contribution in [3.05, 3.63) is 0 Å². The van der Waals surface area contributed by atoms with E-state index in [0.717, 1.165) is 38.8 Å². The molecule has 108 valence electrons. The Morgan fingerprint density at radius 3 is 2.63 bits per heavy atom. The molecule has 1 aliphatic heterocycles. The van der Waals surface area contributed by atoms with Crippen LogP contribution in [0.4, 0.5) is 4.79 Å². The van der Waals surface area contributed by atoms with Gasteiger partial charge in [0.15, 0.2) is 0 Å². The first-order valence-electron chi connectivity index (χ1n) is 7.28. The standard InChI is InChI=1S/C15H26N2O2/c1-3-10-16(2)11-6-4-5-7-14-8-12-17(13-9-14)15(18)19/h14H,3-4,6,8-13H2,1-2H3,(H,18,19). The van der Waals surface area contributed by atoms with Crippen LogP contribution >= 0.6 is 0 Å². The van der Waals surface area contributed by atoms with Crippen molar-refractivity contribution in [3.8, 4) is 11.8 Å². The molecule has 19 heavy (non-hydrogen) atoms. The normalized spacial score (nSPS) is 16.3. The van der Waals surface area contributed by atoms with Gasteiger partial charge in [-0.1, -0.05) is 12.8 Å². The summed E-state index contributed by atoms with van der Waals surface area (Å²) >= 11 is 0. The second-order valence-electron chi connectivity index (χ2n) is 5.27. The molecule has 0 radical (unpaired) electrons. The van der Waals surface area contributed by atoms with E-state index in [9.17, 15) is 4.79 Å². The minimum Gasteiger partial charge on any atom is -0.465 e. The van der Waals surface area contributed by atoms with E-state index in [-0.39, 0.29) is 0 Å². The highest BCUT2D eigenvalue weighted by Crippen LogP contribution is 2.16. The average molecular weight is 266 g/mol. The molecule has 1 saturated heterocycles. The number of carbonyl (C=O) groups is 1. The van der Waals surface area contributed by atoms with Crippen molar-refractivity contribution in [3.63, 3.8) is 0 Å². The molecule has 0 bridgehead atoms. The Morgan fingerprint density at radius 2 is 2.05 bits per heavy atom. The highest BCUT2D eigenvalue weighted by atomic mass is 16.4. The van der Waals surface area contributed by atoms with Gasteiger partial charge in [-0.05, 0) is 45.8 Å². The van der Waals surface area contributed by atoms with Crippen molar-refractivity contribution in [1.29, 1.82) is 0 Å². The smallest absolute Gasteiger partial charge is 0.407 e. The number of hydrogen-bond donors (Lipinski definition) is 1. The Labute approximate surface area is 116 Å². The number of amides is 1. The lowest BCUT2D eigenvalue weighted by atomic mass is 9.97. The maximum absolute atomic E-state index is 10.8. The van der Waals surface area contributed by atoms with Gasteiger partial charge in [0.2, 0.25) is 0 Å². The summed E-state index contributed by atoms with van der Waals surface area (Å²) < 4.78 is 0. The number of piperidine rings is 1. The van der Waals surface area contributed by atoms with Crippen LogP contribution in [0.3, 0.4) is 0 Å². The van der Waals surface area contributed by atoms with Gasteiger partial charge in [0, 0.05) is 25.4 Å². The summed E-state index contributed by atoms with van der Waals surface area (Å²) in [7, 11) is 2.15. The van der Waals surface area contributed by atoms with Gasteiger partial charge in [-0.3, -0.25) is 0 Å². The molecule has 0 saturated carbocycles. The summed E-state index contributed by atoms with van der Waals surface area (Å²) in [5.41, 5.74) is 0. The summed E-state index contributed by atoms with van der Waals surface area (Å²) in [5, 5.41) is 8.85. The number of hydrogen-bond acceptors (Lipinski definition) is 2. The first kappa shape index (κ1) is 15.8. The molecule has 4 heteroatoms. The summed E-state index contributed by atoms with van der Waals surface area (Å²) in [6.45, 7) is 5.72. The molecule has 4 nitrogen and oxygen atoms in total. The average Bonchev–Trinajstić information content (AvgIpc) is 2.39. The van der Waals surface area contributed by atoms with E-state index in [4.69, 9.17) is 5.11 Å².